The Morgan fingerprint density at radius 1 is 1.05 bits per heavy atom. The van der Waals surface area contributed by atoms with Crippen LogP contribution in [0.2, 0.25) is 0 Å². The molecule has 0 unspecified atom stereocenters. The molecule has 0 atom stereocenters. The SMILES string of the molecule is C=CN(CC)Cc1ccc(NC(=O)c2ccc(C)c(C#Cc3cncc4ccccc34)c2)cc1C(F)(F)F. The molecule has 0 saturated heterocycles. The molecule has 0 aliphatic rings. The average molecular weight is 514 g/mol. The minimum Gasteiger partial charge on any atom is -0.374 e. The third kappa shape index (κ3) is 6.04. The van der Waals surface area contributed by atoms with Gasteiger partial charge in [-0.15, -0.1) is 0 Å². The molecule has 7 heteroatoms. The van der Waals surface area contributed by atoms with E-state index in [0.29, 0.717) is 12.1 Å². The number of alkyl halides is 3. The first-order valence-corrected chi connectivity index (χ1v) is 12.0. The molecule has 0 fully saturated rings. The summed E-state index contributed by atoms with van der Waals surface area (Å²) in [6.45, 7) is 7.94. The highest BCUT2D eigenvalue weighted by molar-refractivity contribution is 6.04. The van der Waals surface area contributed by atoms with Crippen LogP contribution in [0.25, 0.3) is 10.8 Å². The smallest absolute Gasteiger partial charge is 0.374 e. The number of aryl methyl sites for hydroxylation is 1. The molecular formula is C31H26F3N3O. The molecule has 1 amide bonds. The Morgan fingerprint density at radius 2 is 1.82 bits per heavy atom. The monoisotopic (exact) mass is 513 g/mol. The van der Waals surface area contributed by atoms with Gasteiger partial charge >= 0.3 is 6.18 Å². The van der Waals surface area contributed by atoms with Crippen molar-refractivity contribution < 1.29 is 18.0 Å². The molecule has 38 heavy (non-hydrogen) atoms. The standard InChI is InChI=1S/C31H26F3N3O/c1-4-37(5-2)20-26-14-15-27(17-29(26)31(32,33)34)36-30(38)23-11-10-21(3)22(16-23)12-13-25-19-35-18-24-8-6-7-9-28(24)25/h4,6-11,14-19H,1,5,20H2,2-3H3,(H,36,38). The highest BCUT2D eigenvalue weighted by atomic mass is 19.4. The highest BCUT2D eigenvalue weighted by Crippen LogP contribution is 2.34. The normalized spacial score (nSPS) is 11.0. The van der Waals surface area contributed by atoms with Gasteiger partial charge in [0.15, 0.2) is 0 Å². The van der Waals surface area contributed by atoms with Crippen LogP contribution in [0.5, 0.6) is 0 Å². The molecule has 1 aromatic heterocycles. The molecule has 0 saturated carbocycles. The summed E-state index contributed by atoms with van der Waals surface area (Å²) in [6.07, 6.45) is 0.398. The maximum absolute atomic E-state index is 13.8. The molecule has 4 nitrogen and oxygen atoms in total. The number of hydrogen-bond acceptors (Lipinski definition) is 3. The van der Waals surface area contributed by atoms with Gasteiger partial charge in [0, 0.05) is 53.1 Å². The summed E-state index contributed by atoms with van der Waals surface area (Å²) in [6, 6.07) is 16.6. The van der Waals surface area contributed by atoms with Crippen LogP contribution in [0.1, 0.15) is 45.1 Å². The van der Waals surface area contributed by atoms with Gasteiger partial charge in [-0.25, -0.2) is 0 Å². The number of benzene rings is 3. The van der Waals surface area contributed by atoms with Gasteiger partial charge in [0.1, 0.15) is 0 Å². The summed E-state index contributed by atoms with van der Waals surface area (Å²) in [4.78, 5) is 18.9. The third-order valence-electron chi connectivity index (χ3n) is 6.21. The van der Waals surface area contributed by atoms with Crippen LogP contribution in [-0.4, -0.2) is 22.3 Å². The topological polar surface area (TPSA) is 45.2 Å². The van der Waals surface area contributed by atoms with Gasteiger partial charge in [0.05, 0.1) is 11.1 Å². The second-order valence-corrected chi connectivity index (χ2v) is 8.76. The summed E-state index contributed by atoms with van der Waals surface area (Å²) in [5.41, 5.74) is 1.92. The van der Waals surface area contributed by atoms with E-state index < -0.39 is 17.6 Å². The van der Waals surface area contributed by atoms with Crippen LogP contribution in [-0.2, 0) is 12.7 Å². The van der Waals surface area contributed by atoms with Crippen molar-refractivity contribution in [3.05, 3.63) is 119 Å². The Labute approximate surface area is 219 Å². The molecule has 1 heterocycles. The lowest BCUT2D eigenvalue weighted by Gasteiger charge is -2.21. The molecule has 0 bridgehead atoms. The summed E-state index contributed by atoms with van der Waals surface area (Å²) in [5, 5.41) is 4.54. The van der Waals surface area contributed by atoms with Crippen molar-refractivity contribution in [1.82, 2.24) is 9.88 Å². The first kappa shape index (κ1) is 26.5. The number of halogens is 3. The zero-order valence-electron chi connectivity index (χ0n) is 21.1. The second kappa shape index (κ2) is 11.2. The quantitative estimate of drug-likeness (QED) is 0.278. The minimum absolute atomic E-state index is 0.0581. The number of amides is 1. The number of anilines is 1. The predicted molar refractivity (Wildman–Crippen MR) is 145 cm³/mol. The van der Waals surface area contributed by atoms with Gasteiger partial charge in [-0.3, -0.25) is 9.78 Å². The van der Waals surface area contributed by atoms with E-state index in [1.165, 1.54) is 18.3 Å². The van der Waals surface area contributed by atoms with Gasteiger partial charge in [0.25, 0.3) is 5.91 Å². The van der Waals surface area contributed by atoms with Crippen LogP contribution in [0.15, 0.2) is 85.8 Å². The Balaban J connectivity index is 1.60. The third-order valence-corrected chi connectivity index (χ3v) is 6.21. The number of carbonyl (C=O) groups excluding carboxylic acids is 1. The van der Waals surface area contributed by atoms with E-state index in [9.17, 15) is 18.0 Å². The van der Waals surface area contributed by atoms with E-state index in [1.807, 2.05) is 38.1 Å². The van der Waals surface area contributed by atoms with Gasteiger partial charge in [-0.05, 0) is 55.4 Å². The summed E-state index contributed by atoms with van der Waals surface area (Å²) >= 11 is 0. The zero-order valence-corrected chi connectivity index (χ0v) is 21.1. The Hall–Kier alpha value is -4.57. The molecule has 0 spiro atoms. The van der Waals surface area contributed by atoms with Crippen molar-refractivity contribution in [2.75, 3.05) is 11.9 Å². The van der Waals surface area contributed by atoms with Crippen molar-refractivity contribution in [2.24, 2.45) is 0 Å². The molecule has 0 aliphatic heterocycles. The van der Waals surface area contributed by atoms with E-state index >= 15 is 0 Å². The Bertz CT molecular complexity index is 1560. The maximum atomic E-state index is 13.8. The number of fused-ring (bicyclic) bond motifs is 1. The van der Waals surface area contributed by atoms with Crippen molar-refractivity contribution in [3.8, 4) is 11.8 Å². The van der Waals surface area contributed by atoms with Gasteiger partial charge in [-0.2, -0.15) is 13.2 Å². The fourth-order valence-corrected chi connectivity index (χ4v) is 4.03. The van der Waals surface area contributed by atoms with Crippen LogP contribution in [0, 0.1) is 18.8 Å². The van der Waals surface area contributed by atoms with Gasteiger partial charge < -0.3 is 10.2 Å². The van der Waals surface area contributed by atoms with E-state index in [2.05, 4.69) is 28.7 Å². The Morgan fingerprint density at radius 3 is 2.55 bits per heavy atom. The number of carbonyl (C=O) groups is 1. The van der Waals surface area contributed by atoms with Crippen molar-refractivity contribution >= 4 is 22.4 Å². The molecule has 0 radical (unpaired) electrons. The summed E-state index contributed by atoms with van der Waals surface area (Å²) < 4.78 is 41.4. The average Bonchev–Trinajstić information content (AvgIpc) is 2.91. The molecule has 4 rings (SSSR count). The Kier molecular flexibility index (Phi) is 7.82. The largest absolute Gasteiger partial charge is 0.416 e. The van der Waals surface area contributed by atoms with Crippen LogP contribution in [0.3, 0.4) is 0 Å². The number of pyridine rings is 1. The lowest BCUT2D eigenvalue weighted by atomic mass is 10.0. The van der Waals surface area contributed by atoms with E-state index in [4.69, 9.17) is 0 Å². The number of nitrogens with zero attached hydrogens (tertiary/aromatic N) is 2. The first-order valence-electron chi connectivity index (χ1n) is 12.0. The lowest BCUT2D eigenvalue weighted by molar-refractivity contribution is -0.138. The minimum atomic E-state index is -4.57. The zero-order chi connectivity index (χ0) is 27.3. The van der Waals surface area contributed by atoms with Crippen molar-refractivity contribution in [2.45, 2.75) is 26.6 Å². The molecular weight excluding hydrogens is 487 g/mol. The van der Waals surface area contributed by atoms with Gasteiger partial charge in [-0.1, -0.05) is 54.8 Å². The molecule has 4 aromatic rings. The van der Waals surface area contributed by atoms with Crippen LogP contribution < -0.4 is 5.32 Å². The summed E-state index contributed by atoms with van der Waals surface area (Å²) in [7, 11) is 0. The van der Waals surface area contributed by atoms with Crippen molar-refractivity contribution in [1.29, 1.82) is 0 Å². The number of hydrogen-bond donors (Lipinski definition) is 1. The summed E-state index contributed by atoms with van der Waals surface area (Å²) in [5.74, 6) is 5.72. The lowest BCUT2D eigenvalue weighted by Crippen LogP contribution is -2.20. The fourth-order valence-electron chi connectivity index (χ4n) is 4.03. The van der Waals surface area contributed by atoms with E-state index in [1.54, 1.807) is 35.5 Å². The molecule has 192 valence electrons. The second-order valence-electron chi connectivity index (χ2n) is 8.76. The number of nitrogens with one attached hydrogen (secondary N) is 1. The van der Waals surface area contributed by atoms with E-state index in [-0.39, 0.29) is 23.4 Å². The van der Waals surface area contributed by atoms with Gasteiger partial charge in [0.2, 0.25) is 0 Å². The molecule has 1 N–H and O–H groups in total. The molecule has 3 aromatic carbocycles. The fraction of sp³-hybridized carbons (Fsp3) is 0.161. The van der Waals surface area contributed by atoms with E-state index in [0.717, 1.165) is 28.0 Å². The number of rotatable bonds is 6. The first-order chi connectivity index (χ1) is 18.2. The van der Waals surface area contributed by atoms with Crippen LogP contribution >= 0.6 is 0 Å². The maximum Gasteiger partial charge on any atom is 0.416 e. The van der Waals surface area contributed by atoms with Crippen LogP contribution in [0.4, 0.5) is 18.9 Å². The number of aromatic nitrogens is 1. The predicted octanol–water partition coefficient (Wildman–Crippen LogP) is 7.18. The highest BCUT2D eigenvalue weighted by Gasteiger charge is 2.34. The molecule has 0 aliphatic carbocycles. The van der Waals surface area contributed by atoms with Crippen molar-refractivity contribution in [3.63, 3.8) is 0 Å².